The summed E-state index contributed by atoms with van der Waals surface area (Å²) in [6.07, 6.45) is -2.53. The summed E-state index contributed by atoms with van der Waals surface area (Å²) in [5, 5.41) is 2.79. The van der Waals surface area contributed by atoms with Gasteiger partial charge >= 0.3 is 6.18 Å². The number of hydrogen-bond donors (Lipinski definition) is 1. The minimum atomic E-state index is -4.38. The van der Waals surface area contributed by atoms with Crippen LogP contribution in [0, 0.1) is 5.92 Å². The third-order valence-corrected chi connectivity index (χ3v) is 3.03. The zero-order valence-corrected chi connectivity index (χ0v) is 11.9. The third kappa shape index (κ3) is 5.23. The van der Waals surface area contributed by atoms with Gasteiger partial charge in [0, 0.05) is 11.6 Å². The molecule has 1 amide bonds. The third-order valence-electron chi connectivity index (χ3n) is 3.03. The standard InChI is InChI=1S/C15H20F3NO/c1-10(2)4-5-11(3)19-14(20)12-6-8-13(9-7-12)15(16,17)18/h6-11H,4-5H2,1-3H3,(H,19,20). The van der Waals surface area contributed by atoms with Crippen LogP contribution >= 0.6 is 0 Å². The van der Waals surface area contributed by atoms with Gasteiger partial charge < -0.3 is 5.32 Å². The lowest BCUT2D eigenvalue weighted by molar-refractivity contribution is -0.137. The van der Waals surface area contributed by atoms with Gasteiger partial charge in [-0.1, -0.05) is 13.8 Å². The van der Waals surface area contributed by atoms with Crippen LogP contribution in [0.2, 0.25) is 0 Å². The van der Waals surface area contributed by atoms with Gasteiger partial charge in [0.05, 0.1) is 5.56 Å². The van der Waals surface area contributed by atoms with Gasteiger partial charge in [-0.25, -0.2) is 0 Å². The van der Waals surface area contributed by atoms with Crippen LogP contribution in [0.5, 0.6) is 0 Å². The molecule has 112 valence electrons. The highest BCUT2D eigenvalue weighted by molar-refractivity contribution is 5.94. The number of nitrogens with one attached hydrogen (secondary N) is 1. The molecule has 1 aromatic rings. The van der Waals surface area contributed by atoms with E-state index in [1.54, 1.807) is 0 Å². The summed E-state index contributed by atoms with van der Waals surface area (Å²) >= 11 is 0. The highest BCUT2D eigenvalue weighted by Crippen LogP contribution is 2.29. The average Bonchev–Trinajstić information content (AvgIpc) is 2.35. The molecule has 2 nitrogen and oxygen atoms in total. The van der Waals surface area contributed by atoms with Crippen LogP contribution in [0.3, 0.4) is 0 Å². The van der Waals surface area contributed by atoms with Gasteiger partial charge in [0.2, 0.25) is 0 Å². The van der Waals surface area contributed by atoms with Gasteiger partial charge in [0.25, 0.3) is 5.91 Å². The van der Waals surface area contributed by atoms with Gasteiger partial charge in [-0.05, 0) is 49.9 Å². The Hall–Kier alpha value is -1.52. The number of amides is 1. The number of carbonyl (C=O) groups excluding carboxylic acids is 1. The highest BCUT2D eigenvalue weighted by Gasteiger charge is 2.30. The van der Waals surface area contributed by atoms with Gasteiger partial charge in [0.1, 0.15) is 0 Å². The Balaban J connectivity index is 2.60. The Morgan fingerprint density at radius 1 is 1.10 bits per heavy atom. The molecule has 0 saturated carbocycles. The largest absolute Gasteiger partial charge is 0.416 e. The first-order chi connectivity index (χ1) is 9.20. The van der Waals surface area contributed by atoms with Crippen molar-refractivity contribution in [1.82, 2.24) is 5.32 Å². The van der Waals surface area contributed by atoms with E-state index in [0.717, 1.165) is 25.0 Å². The van der Waals surface area contributed by atoms with Crippen molar-refractivity contribution < 1.29 is 18.0 Å². The van der Waals surface area contributed by atoms with E-state index in [1.807, 2.05) is 6.92 Å². The summed E-state index contributed by atoms with van der Waals surface area (Å²) in [4.78, 5) is 11.9. The molecule has 0 aliphatic carbocycles. The molecule has 1 aromatic carbocycles. The predicted molar refractivity (Wildman–Crippen MR) is 72.4 cm³/mol. The molecule has 0 aromatic heterocycles. The van der Waals surface area contributed by atoms with E-state index in [-0.39, 0.29) is 17.5 Å². The maximum absolute atomic E-state index is 12.4. The zero-order chi connectivity index (χ0) is 15.3. The second-order valence-corrected chi connectivity index (χ2v) is 5.42. The van der Waals surface area contributed by atoms with Crippen molar-refractivity contribution in [3.05, 3.63) is 35.4 Å². The van der Waals surface area contributed by atoms with Crippen LogP contribution in [-0.2, 0) is 6.18 Å². The van der Waals surface area contributed by atoms with Crippen molar-refractivity contribution >= 4 is 5.91 Å². The molecule has 5 heteroatoms. The van der Waals surface area contributed by atoms with E-state index < -0.39 is 11.7 Å². The van der Waals surface area contributed by atoms with Crippen LogP contribution in [0.25, 0.3) is 0 Å². The molecule has 0 heterocycles. The summed E-state index contributed by atoms with van der Waals surface area (Å²) in [6, 6.07) is 4.26. The van der Waals surface area contributed by atoms with E-state index in [1.165, 1.54) is 12.1 Å². The molecule has 20 heavy (non-hydrogen) atoms. The quantitative estimate of drug-likeness (QED) is 0.861. The van der Waals surface area contributed by atoms with E-state index in [2.05, 4.69) is 19.2 Å². The molecule has 0 aliphatic rings. The first-order valence-electron chi connectivity index (χ1n) is 6.68. The number of hydrogen-bond acceptors (Lipinski definition) is 1. The maximum Gasteiger partial charge on any atom is 0.416 e. The van der Waals surface area contributed by atoms with E-state index in [9.17, 15) is 18.0 Å². The smallest absolute Gasteiger partial charge is 0.350 e. The first-order valence-corrected chi connectivity index (χ1v) is 6.68. The molecule has 0 saturated heterocycles. The Morgan fingerprint density at radius 2 is 1.65 bits per heavy atom. The zero-order valence-electron chi connectivity index (χ0n) is 11.9. The molecule has 0 bridgehead atoms. The number of benzene rings is 1. The van der Waals surface area contributed by atoms with Gasteiger partial charge in [-0.3, -0.25) is 4.79 Å². The summed E-state index contributed by atoms with van der Waals surface area (Å²) in [5.41, 5.74) is -0.503. The SMILES string of the molecule is CC(C)CCC(C)NC(=O)c1ccc(C(F)(F)F)cc1. The minimum Gasteiger partial charge on any atom is -0.350 e. The van der Waals surface area contributed by atoms with Gasteiger partial charge in [-0.15, -0.1) is 0 Å². The minimum absolute atomic E-state index is 0.00666. The Kier molecular flexibility index (Phi) is 5.60. The first kappa shape index (κ1) is 16.5. The average molecular weight is 287 g/mol. The van der Waals surface area contributed by atoms with Crippen LogP contribution in [-0.4, -0.2) is 11.9 Å². The van der Waals surface area contributed by atoms with Gasteiger partial charge in [-0.2, -0.15) is 13.2 Å². The number of rotatable bonds is 5. The number of alkyl halides is 3. The summed E-state index contributed by atoms with van der Waals surface area (Å²) in [6.45, 7) is 6.10. The monoisotopic (exact) mass is 287 g/mol. The molecule has 0 radical (unpaired) electrons. The molecule has 1 rings (SSSR count). The Morgan fingerprint density at radius 3 is 2.10 bits per heavy atom. The molecule has 1 N–H and O–H groups in total. The molecule has 1 unspecified atom stereocenters. The lowest BCUT2D eigenvalue weighted by Crippen LogP contribution is -2.32. The molecular formula is C15H20F3NO. The number of carbonyl (C=O) groups is 1. The molecular weight excluding hydrogens is 267 g/mol. The predicted octanol–water partition coefficient (Wildman–Crippen LogP) is 4.26. The Labute approximate surface area is 117 Å². The molecule has 1 atom stereocenters. The van der Waals surface area contributed by atoms with Crippen LogP contribution in [0.1, 0.15) is 49.5 Å². The van der Waals surface area contributed by atoms with Crippen molar-refractivity contribution in [2.24, 2.45) is 5.92 Å². The van der Waals surface area contributed by atoms with Crippen molar-refractivity contribution in [2.75, 3.05) is 0 Å². The van der Waals surface area contributed by atoms with E-state index >= 15 is 0 Å². The Bertz CT molecular complexity index is 437. The van der Waals surface area contributed by atoms with Crippen molar-refractivity contribution in [1.29, 1.82) is 0 Å². The second-order valence-electron chi connectivity index (χ2n) is 5.42. The topological polar surface area (TPSA) is 29.1 Å². The van der Waals surface area contributed by atoms with Gasteiger partial charge in [0.15, 0.2) is 0 Å². The lowest BCUT2D eigenvalue weighted by atomic mass is 10.0. The van der Waals surface area contributed by atoms with E-state index in [4.69, 9.17) is 0 Å². The normalized spacial score (nSPS) is 13.3. The fourth-order valence-corrected chi connectivity index (χ4v) is 1.77. The van der Waals surface area contributed by atoms with Crippen molar-refractivity contribution in [2.45, 2.75) is 45.8 Å². The summed E-state index contributed by atoms with van der Waals surface area (Å²) < 4.78 is 37.2. The highest BCUT2D eigenvalue weighted by atomic mass is 19.4. The van der Waals surface area contributed by atoms with Crippen LogP contribution in [0.15, 0.2) is 24.3 Å². The van der Waals surface area contributed by atoms with Crippen LogP contribution < -0.4 is 5.32 Å². The summed E-state index contributed by atoms with van der Waals surface area (Å²) in [7, 11) is 0. The molecule has 0 spiro atoms. The van der Waals surface area contributed by atoms with Crippen LogP contribution in [0.4, 0.5) is 13.2 Å². The van der Waals surface area contributed by atoms with Crippen molar-refractivity contribution in [3.8, 4) is 0 Å². The fraction of sp³-hybridized carbons (Fsp3) is 0.533. The van der Waals surface area contributed by atoms with Crippen molar-refractivity contribution in [3.63, 3.8) is 0 Å². The molecule has 0 fully saturated rings. The van der Waals surface area contributed by atoms with E-state index in [0.29, 0.717) is 5.92 Å². The lowest BCUT2D eigenvalue weighted by Gasteiger charge is -2.15. The summed E-state index contributed by atoms with van der Waals surface area (Å²) in [5.74, 6) is 0.218. The maximum atomic E-state index is 12.4. The number of halogens is 3. The second kappa shape index (κ2) is 6.77. The fourth-order valence-electron chi connectivity index (χ4n) is 1.77. The molecule has 0 aliphatic heterocycles.